The second-order valence-electron chi connectivity index (χ2n) is 3.72. The van der Waals surface area contributed by atoms with Crippen LogP contribution in [0.4, 0.5) is 5.69 Å². The summed E-state index contributed by atoms with van der Waals surface area (Å²) in [6, 6.07) is 5.74. The Kier molecular flexibility index (Phi) is 2.17. The largest absolute Gasteiger partial charge is 0.464 e. The number of nitrogens with zero attached hydrogens (tertiary/aromatic N) is 1. The van der Waals surface area contributed by atoms with Crippen LogP contribution in [0.15, 0.2) is 28.9 Å². The number of anilines is 1. The van der Waals surface area contributed by atoms with Gasteiger partial charge in [-0.3, -0.25) is 0 Å². The van der Waals surface area contributed by atoms with Gasteiger partial charge < -0.3 is 15.1 Å². The Hall–Kier alpha value is -1.48. The molecule has 0 spiro atoms. The first-order valence-electron chi connectivity index (χ1n) is 4.58. The summed E-state index contributed by atoms with van der Waals surface area (Å²) >= 11 is 0. The molecule has 0 atom stereocenters. The van der Waals surface area contributed by atoms with Gasteiger partial charge in [-0.05, 0) is 26.2 Å². The van der Waals surface area contributed by atoms with Gasteiger partial charge in [0.25, 0.3) is 0 Å². The number of hydrogen-bond acceptors (Lipinski definition) is 3. The molecule has 0 aliphatic heterocycles. The summed E-state index contributed by atoms with van der Waals surface area (Å²) in [4.78, 5) is 2.09. The molecule has 0 fully saturated rings. The molecule has 0 aliphatic rings. The summed E-state index contributed by atoms with van der Waals surface area (Å²) in [6.07, 6.45) is 1.78. The Balaban J connectivity index is 2.55. The lowest BCUT2D eigenvalue weighted by Gasteiger charge is -2.07. The van der Waals surface area contributed by atoms with E-state index in [0.717, 1.165) is 28.8 Å². The van der Waals surface area contributed by atoms with E-state index in [4.69, 9.17) is 10.2 Å². The number of hydrogen-bond donors (Lipinski definition) is 1. The van der Waals surface area contributed by atoms with Crippen molar-refractivity contribution in [2.75, 3.05) is 19.8 Å². The first-order chi connectivity index (χ1) is 6.68. The second-order valence-corrected chi connectivity index (χ2v) is 3.72. The van der Waals surface area contributed by atoms with E-state index in [9.17, 15) is 0 Å². The smallest absolute Gasteiger partial charge is 0.136 e. The SMILES string of the molecule is CN(C)Cc1coc2cccc(N)c12. The van der Waals surface area contributed by atoms with E-state index in [1.54, 1.807) is 6.26 Å². The number of furan rings is 1. The average Bonchev–Trinajstić information content (AvgIpc) is 2.49. The molecule has 0 bridgehead atoms. The van der Waals surface area contributed by atoms with Gasteiger partial charge in [0.05, 0.1) is 6.26 Å². The van der Waals surface area contributed by atoms with Gasteiger partial charge in [0.15, 0.2) is 0 Å². The van der Waals surface area contributed by atoms with Crippen molar-refractivity contribution in [3.8, 4) is 0 Å². The maximum atomic E-state index is 5.90. The Bertz CT molecular complexity index is 445. The molecule has 0 saturated heterocycles. The molecule has 1 heterocycles. The second kappa shape index (κ2) is 3.35. The molecule has 0 saturated carbocycles. The van der Waals surface area contributed by atoms with E-state index in [2.05, 4.69) is 4.90 Å². The molecule has 1 aromatic carbocycles. The van der Waals surface area contributed by atoms with Crippen LogP contribution in [-0.2, 0) is 6.54 Å². The van der Waals surface area contributed by atoms with Crippen LogP contribution in [0.25, 0.3) is 11.0 Å². The number of nitrogens with two attached hydrogens (primary N) is 1. The molecule has 3 heteroatoms. The van der Waals surface area contributed by atoms with Crippen molar-refractivity contribution in [2.45, 2.75) is 6.54 Å². The van der Waals surface area contributed by atoms with Gasteiger partial charge in [0.2, 0.25) is 0 Å². The number of fused-ring (bicyclic) bond motifs is 1. The van der Waals surface area contributed by atoms with Crippen molar-refractivity contribution in [3.05, 3.63) is 30.0 Å². The first-order valence-corrected chi connectivity index (χ1v) is 4.58. The summed E-state index contributed by atoms with van der Waals surface area (Å²) in [7, 11) is 4.05. The maximum Gasteiger partial charge on any atom is 0.136 e. The van der Waals surface area contributed by atoms with Crippen molar-refractivity contribution >= 4 is 16.7 Å². The van der Waals surface area contributed by atoms with Crippen LogP contribution in [0.5, 0.6) is 0 Å². The highest BCUT2D eigenvalue weighted by molar-refractivity contribution is 5.92. The normalized spacial score (nSPS) is 11.4. The van der Waals surface area contributed by atoms with E-state index in [1.807, 2.05) is 32.3 Å². The summed E-state index contributed by atoms with van der Waals surface area (Å²) in [5.41, 5.74) is 8.69. The Morgan fingerprint density at radius 3 is 2.86 bits per heavy atom. The van der Waals surface area contributed by atoms with Crippen LogP contribution >= 0.6 is 0 Å². The molecule has 14 heavy (non-hydrogen) atoms. The molecule has 1 aromatic heterocycles. The van der Waals surface area contributed by atoms with E-state index in [-0.39, 0.29) is 0 Å². The number of rotatable bonds is 2. The van der Waals surface area contributed by atoms with Crippen molar-refractivity contribution in [2.24, 2.45) is 0 Å². The topological polar surface area (TPSA) is 42.4 Å². The van der Waals surface area contributed by atoms with Gasteiger partial charge in [0.1, 0.15) is 5.58 Å². The van der Waals surface area contributed by atoms with Crippen LogP contribution in [0.1, 0.15) is 5.56 Å². The lowest BCUT2D eigenvalue weighted by molar-refractivity contribution is 0.401. The highest BCUT2D eigenvalue weighted by Crippen LogP contribution is 2.27. The Labute approximate surface area is 83.1 Å². The average molecular weight is 190 g/mol. The minimum Gasteiger partial charge on any atom is -0.464 e. The Morgan fingerprint density at radius 2 is 2.14 bits per heavy atom. The maximum absolute atomic E-state index is 5.90. The zero-order valence-electron chi connectivity index (χ0n) is 8.45. The van der Waals surface area contributed by atoms with Gasteiger partial charge >= 0.3 is 0 Å². The van der Waals surface area contributed by atoms with E-state index < -0.39 is 0 Å². The highest BCUT2D eigenvalue weighted by Gasteiger charge is 2.08. The summed E-state index contributed by atoms with van der Waals surface area (Å²) in [5.74, 6) is 0. The van der Waals surface area contributed by atoms with E-state index in [0.29, 0.717) is 0 Å². The van der Waals surface area contributed by atoms with Gasteiger partial charge in [-0.25, -0.2) is 0 Å². The minimum atomic E-state index is 0.785. The zero-order valence-corrected chi connectivity index (χ0v) is 8.45. The fourth-order valence-corrected chi connectivity index (χ4v) is 1.64. The summed E-state index contributed by atoms with van der Waals surface area (Å²) in [6.45, 7) is 0.848. The third-order valence-electron chi connectivity index (χ3n) is 2.19. The molecule has 0 amide bonds. The third-order valence-corrected chi connectivity index (χ3v) is 2.19. The molecule has 2 aromatic rings. The van der Waals surface area contributed by atoms with Crippen LogP contribution in [-0.4, -0.2) is 19.0 Å². The molecule has 0 aliphatic carbocycles. The third kappa shape index (κ3) is 1.46. The fraction of sp³-hybridized carbons (Fsp3) is 0.273. The molecular weight excluding hydrogens is 176 g/mol. The molecule has 0 unspecified atom stereocenters. The quantitative estimate of drug-likeness (QED) is 0.737. The first kappa shape index (κ1) is 9.09. The van der Waals surface area contributed by atoms with Gasteiger partial charge in [-0.1, -0.05) is 6.07 Å². The highest BCUT2D eigenvalue weighted by atomic mass is 16.3. The van der Waals surface area contributed by atoms with Crippen molar-refractivity contribution in [3.63, 3.8) is 0 Å². The standard InChI is InChI=1S/C11H14N2O/c1-13(2)6-8-7-14-10-5-3-4-9(12)11(8)10/h3-5,7H,6,12H2,1-2H3. The molecule has 0 radical (unpaired) electrons. The van der Waals surface area contributed by atoms with Gasteiger partial charge in [0, 0.05) is 23.2 Å². The lowest BCUT2D eigenvalue weighted by Crippen LogP contribution is -2.10. The van der Waals surface area contributed by atoms with Crippen LogP contribution in [0, 0.1) is 0 Å². The molecule has 74 valence electrons. The van der Waals surface area contributed by atoms with Crippen LogP contribution in [0.3, 0.4) is 0 Å². The number of nitrogen functional groups attached to an aromatic ring is 1. The fourth-order valence-electron chi connectivity index (χ4n) is 1.64. The predicted molar refractivity (Wildman–Crippen MR) is 58.0 cm³/mol. The molecule has 2 N–H and O–H groups in total. The molecule has 3 nitrogen and oxygen atoms in total. The monoisotopic (exact) mass is 190 g/mol. The van der Waals surface area contributed by atoms with E-state index in [1.165, 1.54) is 0 Å². The van der Waals surface area contributed by atoms with Crippen molar-refractivity contribution < 1.29 is 4.42 Å². The number of benzene rings is 1. The minimum absolute atomic E-state index is 0.785. The lowest BCUT2D eigenvalue weighted by atomic mass is 10.1. The Morgan fingerprint density at radius 1 is 1.36 bits per heavy atom. The summed E-state index contributed by atoms with van der Waals surface area (Å²) < 4.78 is 5.42. The molecular formula is C11H14N2O. The van der Waals surface area contributed by atoms with Gasteiger partial charge in [-0.2, -0.15) is 0 Å². The van der Waals surface area contributed by atoms with Crippen LogP contribution in [0.2, 0.25) is 0 Å². The van der Waals surface area contributed by atoms with Crippen molar-refractivity contribution in [1.82, 2.24) is 4.90 Å². The zero-order chi connectivity index (χ0) is 10.1. The van der Waals surface area contributed by atoms with Crippen molar-refractivity contribution in [1.29, 1.82) is 0 Å². The molecule has 2 rings (SSSR count). The predicted octanol–water partition coefficient (Wildman–Crippen LogP) is 2.08. The van der Waals surface area contributed by atoms with Crippen LogP contribution < -0.4 is 5.73 Å². The van der Waals surface area contributed by atoms with Gasteiger partial charge in [-0.15, -0.1) is 0 Å². The van der Waals surface area contributed by atoms with E-state index >= 15 is 0 Å². The summed E-state index contributed by atoms with van der Waals surface area (Å²) in [5, 5.41) is 1.04.